The van der Waals surface area contributed by atoms with E-state index in [1.165, 1.54) is 0 Å². The van der Waals surface area contributed by atoms with Crippen LogP contribution in [0.2, 0.25) is 0 Å². The number of rotatable bonds is 7. The Kier molecular flexibility index (Phi) is 6.07. The third kappa shape index (κ3) is 4.74. The van der Waals surface area contributed by atoms with E-state index in [-0.39, 0.29) is 23.6 Å². The minimum absolute atomic E-state index is 0.143. The summed E-state index contributed by atoms with van der Waals surface area (Å²) >= 11 is 1.06. The van der Waals surface area contributed by atoms with Crippen molar-refractivity contribution in [1.29, 1.82) is 0 Å². The number of aromatic nitrogens is 2. The lowest BCUT2D eigenvalue weighted by Gasteiger charge is -2.07. The molecule has 1 atom stereocenters. The Morgan fingerprint density at radius 3 is 2.95 bits per heavy atom. The van der Waals surface area contributed by atoms with Crippen molar-refractivity contribution in [3.8, 4) is 0 Å². The summed E-state index contributed by atoms with van der Waals surface area (Å²) < 4.78 is 9.80. The van der Waals surface area contributed by atoms with Crippen LogP contribution in [0.4, 0.5) is 0 Å². The van der Waals surface area contributed by atoms with E-state index in [9.17, 15) is 9.59 Å². The highest BCUT2D eigenvalue weighted by Gasteiger charge is 2.20. The van der Waals surface area contributed by atoms with Gasteiger partial charge >= 0.3 is 11.9 Å². The van der Waals surface area contributed by atoms with E-state index < -0.39 is 11.2 Å². The zero-order valence-corrected chi connectivity index (χ0v) is 11.5. The Morgan fingerprint density at radius 1 is 1.58 bits per heavy atom. The number of carbonyl (C=O) groups excluding carboxylic acids is 2. The number of amides is 1. The Hall–Kier alpha value is -1.83. The predicted molar refractivity (Wildman–Crippen MR) is 68.8 cm³/mol. The molecule has 0 fully saturated rings. The molecule has 1 N–H and O–H groups in total. The van der Waals surface area contributed by atoms with Crippen LogP contribution in [0.5, 0.6) is 0 Å². The van der Waals surface area contributed by atoms with Gasteiger partial charge in [-0.3, -0.25) is 4.79 Å². The third-order valence-corrected chi connectivity index (χ3v) is 2.86. The van der Waals surface area contributed by atoms with Gasteiger partial charge in [0, 0.05) is 6.54 Å². The first kappa shape index (κ1) is 15.2. The van der Waals surface area contributed by atoms with Gasteiger partial charge in [0.25, 0.3) is 5.22 Å². The molecule has 1 aromatic rings. The predicted octanol–water partition coefficient (Wildman–Crippen LogP) is 1.03. The average molecular weight is 285 g/mol. The number of hydrogen-bond donors (Lipinski definition) is 1. The standard InChI is InChI=1S/C11H15N3O4S/c1-4-6-12-8(15)7(3)19-11-14-13-9(18-11)10(16)17-5-2/h4,7H,1,5-6H2,2-3H3,(H,12,15). The average Bonchev–Trinajstić information content (AvgIpc) is 2.84. The molecule has 19 heavy (non-hydrogen) atoms. The van der Waals surface area contributed by atoms with Crippen LogP contribution in [0.1, 0.15) is 24.5 Å². The van der Waals surface area contributed by atoms with Crippen LogP contribution in [-0.2, 0) is 9.53 Å². The van der Waals surface area contributed by atoms with Crippen molar-refractivity contribution in [3.05, 3.63) is 18.5 Å². The van der Waals surface area contributed by atoms with Gasteiger partial charge in [-0.15, -0.1) is 11.7 Å². The van der Waals surface area contributed by atoms with Crippen LogP contribution >= 0.6 is 11.8 Å². The van der Waals surface area contributed by atoms with Crippen molar-refractivity contribution in [2.24, 2.45) is 0 Å². The van der Waals surface area contributed by atoms with Crippen LogP contribution in [0.15, 0.2) is 22.3 Å². The highest BCUT2D eigenvalue weighted by Crippen LogP contribution is 2.21. The quantitative estimate of drug-likeness (QED) is 0.454. The van der Waals surface area contributed by atoms with Crippen molar-refractivity contribution in [3.63, 3.8) is 0 Å². The molecule has 7 nitrogen and oxygen atoms in total. The van der Waals surface area contributed by atoms with Gasteiger partial charge in [0.1, 0.15) is 0 Å². The molecule has 0 aromatic carbocycles. The summed E-state index contributed by atoms with van der Waals surface area (Å²) in [5, 5.41) is 9.58. The minimum atomic E-state index is -0.675. The molecule has 1 rings (SSSR count). The molecule has 1 heterocycles. The number of nitrogens with zero attached hydrogens (tertiary/aromatic N) is 2. The molecular formula is C11H15N3O4S. The molecule has 1 aromatic heterocycles. The molecule has 1 unspecified atom stereocenters. The first-order chi connectivity index (χ1) is 9.08. The Bertz CT molecular complexity index is 461. The van der Waals surface area contributed by atoms with E-state index in [4.69, 9.17) is 9.15 Å². The molecule has 1 amide bonds. The second kappa shape index (κ2) is 7.57. The molecule has 0 saturated heterocycles. The molecule has 0 aliphatic carbocycles. The van der Waals surface area contributed by atoms with Crippen LogP contribution < -0.4 is 5.32 Å². The van der Waals surface area contributed by atoms with E-state index >= 15 is 0 Å². The van der Waals surface area contributed by atoms with Crippen LogP contribution in [-0.4, -0.2) is 40.5 Å². The van der Waals surface area contributed by atoms with Crippen LogP contribution in [0, 0.1) is 0 Å². The highest BCUT2D eigenvalue weighted by atomic mass is 32.2. The monoisotopic (exact) mass is 285 g/mol. The Morgan fingerprint density at radius 2 is 2.32 bits per heavy atom. The van der Waals surface area contributed by atoms with Gasteiger partial charge in [-0.1, -0.05) is 22.9 Å². The lowest BCUT2D eigenvalue weighted by Crippen LogP contribution is -2.30. The van der Waals surface area contributed by atoms with E-state index in [1.807, 2.05) is 0 Å². The van der Waals surface area contributed by atoms with Crippen LogP contribution in [0.3, 0.4) is 0 Å². The van der Waals surface area contributed by atoms with Crippen molar-refractivity contribution in [2.45, 2.75) is 24.3 Å². The minimum Gasteiger partial charge on any atom is -0.459 e. The van der Waals surface area contributed by atoms with Gasteiger partial charge in [0.05, 0.1) is 11.9 Å². The SMILES string of the molecule is C=CCNC(=O)C(C)Sc1nnc(C(=O)OCC)o1. The van der Waals surface area contributed by atoms with Gasteiger partial charge in [-0.2, -0.15) is 0 Å². The van der Waals surface area contributed by atoms with Gasteiger partial charge in [0.15, 0.2) is 0 Å². The van der Waals surface area contributed by atoms with Crippen LogP contribution in [0.25, 0.3) is 0 Å². The zero-order valence-electron chi connectivity index (χ0n) is 10.7. The van der Waals surface area contributed by atoms with Crippen molar-refractivity contribution in [2.75, 3.05) is 13.2 Å². The fraction of sp³-hybridized carbons (Fsp3) is 0.455. The van der Waals surface area contributed by atoms with E-state index in [2.05, 4.69) is 22.1 Å². The maximum atomic E-state index is 11.6. The number of ether oxygens (including phenoxy) is 1. The highest BCUT2D eigenvalue weighted by molar-refractivity contribution is 8.00. The van der Waals surface area contributed by atoms with E-state index in [0.29, 0.717) is 6.54 Å². The normalized spacial score (nSPS) is 11.7. The molecule has 0 aliphatic rings. The summed E-state index contributed by atoms with van der Waals surface area (Å²) in [4.78, 5) is 22.9. The smallest absolute Gasteiger partial charge is 0.396 e. The maximum Gasteiger partial charge on any atom is 0.396 e. The number of thioether (sulfide) groups is 1. The van der Waals surface area contributed by atoms with Gasteiger partial charge in [-0.05, 0) is 13.8 Å². The third-order valence-electron chi connectivity index (χ3n) is 1.92. The summed E-state index contributed by atoms with van der Waals surface area (Å²) in [6, 6.07) is 0. The first-order valence-electron chi connectivity index (χ1n) is 5.64. The molecule has 0 radical (unpaired) electrons. The molecule has 0 saturated carbocycles. The number of hydrogen-bond acceptors (Lipinski definition) is 7. The van der Waals surface area contributed by atoms with Gasteiger partial charge in [0.2, 0.25) is 5.91 Å². The number of carbonyl (C=O) groups is 2. The van der Waals surface area contributed by atoms with Crippen molar-refractivity contribution in [1.82, 2.24) is 15.5 Å². The fourth-order valence-electron chi connectivity index (χ4n) is 1.05. The summed E-state index contributed by atoms with van der Waals surface area (Å²) in [5.74, 6) is -1.07. The lowest BCUT2D eigenvalue weighted by molar-refractivity contribution is -0.120. The van der Waals surface area contributed by atoms with E-state index in [1.54, 1.807) is 19.9 Å². The molecular weight excluding hydrogens is 270 g/mol. The second-order valence-corrected chi connectivity index (χ2v) is 4.68. The summed E-state index contributed by atoms with van der Waals surface area (Å²) in [6.45, 7) is 7.49. The first-order valence-corrected chi connectivity index (χ1v) is 6.52. The number of nitrogens with one attached hydrogen (secondary N) is 1. The lowest BCUT2D eigenvalue weighted by atomic mass is 10.4. The molecule has 104 valence electrons. The maximum absolute atomic E-state index is 11.6. The molecule has 8 heteroatoms. The van der Waals surface area contributed by atoms with Gasteiger partial charge < -0.3 is 14.5 Å². The largest absolute Gasteiger partial charge is 0.459 e. The fourth-order valence-corrected chi connectivity index (χ4v) is 1.76. The van der Waals surface area contributed by atoms with Crippen molar-refractivity contribution < 1.29 is 18.7 Å². The van der Waals surface area contributed by atoms with Crippen molar-refractivity contribution >= 4 is 23.6 Å². The summed E-state index contributed by atoms with van der Waals surface area (Å²) in [5.41, 5.74) is 0. The molecule has 0 bridgehead atoms. The zero-order chi connectivity index (χ0) is 14.3. The van der Waals surface area contributed by atoms with E-state index in [0.717, 1.165) is 11.8 Å². The molecule has 0 aliphatic heterocycles. The molecule has 0 spiro atoms. The second-order valence-electron chi connectivity index (χ2n) is 3.39. The summed E-state index contributed by atoms with van der Waals surface area (Å²) in [7, 11) is 0. The summed E-state index contributed by atoms with van der Waals surface area (Å²) in [6.07, 6.45) is 1.58. The topological polar surface area (TPSA) is 94.3 Å². The van der Waals surface area contributed by atoms with Gasteiger partial charge in [-0.25, -0.2) is 4.79 Å². The Balaban J connectivity index is 2.55. The number of esters is 1. The Labute approximate surface area is 114 Å².